The zero-order valence-electron chi connectivity index (χ0n) is 32.0. The zero-order valence-corrected chi connectivity index (χ0v) is 32.0. The van der Waals surface area contributed by atoms with Crippen molar-refractivity contribution in [1.82, 2.24) is 15.0 Å². The molecule has 0 saturated carbocycles. The minimum atomic E-state index is 0.614. The Balaban J connectivity index is 0.977. The van der Waals surface area contributed by atoms with Crippen LogP contribution in [-0.2, 0) is 0 Å². The summed E-state index contributed by atoms with van der Waals surface area (Å²) < 4.78 is 6.74. The predicted octanol–water partition coefficient (Wildman–Crippen LogP) is 14.6. The van der Waals surface area contributed by atoms with Crippen molar-refractivity contribution >= 4 is 32.7 Å². The van der Waals surface area contributed by atoms with E-state index in [1.165, 1.54) is 27.8 Å². The minimum absolute atomic E-state index is 0.614. The van der Waals surface area contributed by atoms with Gasteiger partial charge in [0, 0.05) is 32.8 Å². The highest BCUT2D eigenvalue weighted by Crippen LogP contribution is 2.41. The van der Waals surface area contributed by atoms with E-state index < -0.39 is 0 Å². The molecule has 2 heterocycles. The second-order valence-corrected chi connectivity index (χ2v) is 14.8. The van der Waals surface area contributed by atoms with Crippen molar-refractivity contribution in [2.75, 3.05) is 0 Å². The monoisotopic (exact) mass is 753 g/mol. The summed E-state index contributed by atoms with van der Waals surface area (Å²) in [7, 11) is 0. The van der Waals surface area contributed by atoms with Crippen LogP contribution in [0.4, 0.5) is 0 Å². The van der Waals surface area contributed by atoms with Crippen molar-refractivity contribution in [2.45, 2.75) is 0 Å². The molecule has 4 nitrogen and oxygen atoms in total. The molecule has 0 aliphatic rings. The summed E-state index contributed by atoms with van der Waals surface area (Å²) in [4.78, 5) is 15.0. The highest BCUT2D eigenvalue weighted by Gasteiger charge is 2.17. The highest BCUT2D eigenvalue weighted by atomic mass is 16.3. The highest BCUT2D eigenvalue weighted by molar-refractivity contribution is 6.19. The van der Waals surface area contributed by atoms with Gasteiger partial charge in [0.2, 0.25) is 0 Å². The molecule has 0 atom stereocenters. The van der Waals surface area contributed by atoms with Crippen LogP contribution in [0.2, 0.25) is 0 Å². The van der Waals surface area contributed by atoms with Crippen molar-refractivity contribution in [3.63, 3.8) is 0 Å². The lowest BCUT2D eigenvalue weighted by Crippen LogP contribution is -2.00. The van der Waals surface area contributed by atoms with Crippen molar-refractivity contribution in [2.24, 2.45) is 0 Å². The first-order chi connectivity index (χ1) is 29.2. The Hall–Kier alpha value is -7.95. The van der Waals surface area contributed by atoms with Crippen LogP contribution in [0.5, 0.6) is 0 Å². The number of hydrogen-bond donors (Lipinski definition) is 0. The van der Waals surface area contributed by atoms with Gasteiger partial charge in [0.15, 0.2) is 17.5 Å². The van der Waals surface area contributed by atoms with E-state index in [-0.39, 0.29) is 0 Å². The maximum Gasteiger partial charge on any atom is 0.164 e. The molecule has 0 saturated heterocycles. The van der Waals surface area contributed by atoms with Crippen LogP contribution in [0.15, 0.2) is 217 Å². The number of benzene rings is 9. The van der Waals surface area contributed by atoms with E-state index in [4.69, 9.17) is 19.4 Å². The van der Waals surface area contributed by atoms with Gasteiger partial charge in [-0.15, -0.1) is 0 Å². The van der Waals surface area contributed by atoms with E-state index in [2.05, 4.69) is 176 Å². The van der Waals surface area contributed by atoms with Crippen molar-refractivity contribution in [3.05, 3.63) is 212 Å². The van der Waals surface area contributed by atoms with Gasteiger partial charge in [-0.3, -0.25) is 0 Å². The van der Waals surface area contributed by atoms with Crippen molar-refractivity contribution in [3.8, 4) is 78.7 Å². The maximum atomic E-state index is 6.74. The summed E-state index contributed by atoms with van der Waals surface area (Å²) in [5.74, 6) is 1.87. The zero-order chi connectivity index (χ0) is 39.1. The number of nitrogens with zero attached hydrogens (tertiary/aromatic N) is 3. The summed E-state index contributed by atoms with van der Waals surface area (Å²) in [5, 5.41) is 4.45. The molecule has 2 aromatic heterocycles. The molecule has 0 bridgehead atoms. The third kappa shape index (κ3) is 6.43. The Labute approximate surface area is 341 Å². The number of rotatable bonds is 7. The molecule has 11 aromatic rings. The van der Waals surface area contributed by atoms with Crippen molar-refractivity contribution < 1.29 is 4.42 Å². The molecule has 0 unspecified atom stereocenters. The fourth-order valence-corrected chi connectivity index (χ4v) is 8.12. The third-order valence-electron chi connectivity index (χ3n) is 11.2. The van der Waals surface area contributed by atoms with Gasteiger partial charge in [-0.05, 0) is 74.2 Å². The summed E-state index contributed by atoms with van der Waals surface area (Å²) in [6.07, 6.45) is 0. The van der Waals surface area contributed by atoms with E-state index in [1.807, 2.05) is 36.4 Å². The molecule has 11 rings (SSSR count). The molecule has 59 heavy (non-hydrogen) atoms. The quantitative estimate of drug-likeness (QED) is 0.163. The van der Waals surface area contributed by atoms with Gasteiger partial charge in [-0.2, -0.15) is 0 Å². The van der Waals surface area contributed by atoms with Crippen LogP contribution in [-0.4, -0.2) is 15.0 Å². The second kappa shape index (κ2) is 14.5. The SMILES string of the molecule is c1ccc(-c2ccc(-c3nc(-c4ccccc4)nc(-c4cccc(-c5ccc6c(c5)oc5c7ccccc7c(-c7ccc(-c8ccccc8)cc7)cc65)c4)n3)cc2)cc1. The smallest absolute Gasteiger partial charge is 0.164 e. The summed E-state index contributed by atoms with van der Waals surface area (Å²) in [6.45, 7) is 0. The molecule has 276 valence electrons. The van der Waals surface area contributed by atoms with Gasteiger partial charge in [-0.1, -0.05) is 188 Å². The van der Waals surface area contributed by atoms with Crippen LogP contribution in [0.3, 0.4) is 0 Å². The Morgan fingerprint density at radius 2 is 0.678 bits per heavy atom. The van der Waals surface area contributed by atoms with Gasteiger partial charge < -0.3 is 4.42 Å². The lowest BCUT2D eigenvalue weighted by atomic mass is 9.94. The first kappa shape index (κ1) is 34.3. The summed E-state index contributed by atoms with van der Waals surface area (Å²) >= 11 is 0. The number of aromatic nitrogens is 3. The minimum Gasteiger partial charge on any atom is -0.455 e. The fourth-order valence-electron chi connectivity index (χ4n) is 8.12. The summed E-state index contributed by atoms with van der Waals surface area (Å²) in [5.41, 5.74) is 13.7. The lowest BCUT2D eigenvalue weighted by molar-refractivity contribution is 0.673. The van der Waals surface area contributed by atoms with E-state index in [0.717, 1.165) is 66.1 Å². The topological polar surface area (TPSA) is 51.8 Å². The average Bonchev–Trinajstić information content (AvgIpc) is 3.70. The Kier molecular flexibility index (Phi) is 8.45. The Bertz CT molecular complexity index is 3280. The van der Waals surface area contributed by atoms with Gasteiger partial charge in [0.05, 0.1) is 0 Å². The van der Waals surface area contributed by atoms with Crippen LogP contribution >= 0.6 is 0 Å². The Morgan fingerprint density at radius 1 is 0.254 bits per heavy atom. The van der Waals surface area contributed by atoms with Crippen LogP contribution < -0.4 is 0 Å². The van der Waals surface area contributed by atoms with E-state index in [0.29, 0.717) is 17.5 Å². The molecule has 0 aliphatic heterocycles. The largest absolute Gasteiger partial charge is 0.455 e. The van der Waals surface area contributed by atoms with E-state index in [1.54, 1.807) is 0 Å². The molecule has 0 radical (unpaired) electrons. The molecule has 0 fully saturated rings. The maximum absolute atomic E-state index is 6.74. The number of hydrogen-bond acceptors (Lipinski definition) is 4. The van der Waals surface area contributed by atoms with Crippen LogP contribution in [0, 0.1) is 0 Å². The van der Waals surface area contributed by atoms with Gasteiger partial charge >= 0.3 is 0 Å². The number of fused-ring (bicyclic) bond motifs is 5. The predicted molar refractivity (Wildman–Crippen MR) is 243 cm³/mol. The molecule has 0 amide bonds. The van der Waals surface area contributed by atoms with Gasteiger partial charge in [-0.25, -0.2) is 15.0 Å². The first-order valence-corrected chi connectivity index (χ1v) is 19.8. The Morgan fingerprint density at radius 3 is 1.31 bits per heavy atom. The van der Waals surface area contributed by atoms with Crippen LogP contribution in [0.1, 0.15) is 0 Å². The lowest BCUT2D eigenvalue weighted by Gasteiger charge is -2.10. The van der Waals surface area contributed by atoms with Crippen molar-refractivity contribution in [1.29, 1.82) is 0 Å². The van der Waals surface area contributed by atoms with E-state index in [9.17, 15) is 0 Å². The van der Waals surface area contributed by atoms with Crippen LogP contribution in [0.25, 0.3) is 111 Å². The molecule has 0 N–H and O–H groups in total. The third-order valence-corrected chi connectivity index (χ3v) is 11.2. The second-order valence-electron chi connectivity index (χ2n) is 14.8. The molecular formula is C55H35N3O. The normalized spacial score (nSPS) is 11.4. The molecule has 4 heteroatoms. The molecule has 9 aromatic carbocycles. The summed E-state index contributed by atoms with van der Waals surface area (Å²) in [6, 6.07) is 74.0. The molecule has 0 aliphatic carbocycles. The average molecular weight is 754 g/mol. The molecule has 0 spiro atoms. The fraction of sp³-hybridized carbons (Fsp3) is 0. The van der Waals surface area contributed by atoms with E-state index >= 15 is 0 Å². The molecular weight excluding hydrogens is 719 g/mol. The van der Waals surface area contributed by atoms with Gasteiger partial charge in [0.25, 0.3) is 0 Å². The number of furan rings is 1. The van der Waals surface area contributed by atoms with Gasteiger partial charge in [0.1, 0.15) is 11.2 Å². The first-order valence-electron chi connectivity index (χ1n) is 19.8. The standard InChI is InChI=1S/C55H35N3O/c1-4-13-36(14-5-1)38-23-27-40(28-24-38)49-35-50-47-32-31-44(34-51(47)59-52(50)48-22-11-10-21-46(48)49)43-19-12-20-45(33-43)55-57-53(41-17-8-3-9-18-41)56-54(58-55)42-29-25-39(26-30-42)37-15-6-2-7-16-37/h1-35H.